The van der Waals surface area contributed by atoms with Crippen LogP contribution in [0.25, 0.3) is 0 Å². The Kier molecular flexibility index (Phi) is 24.8. The number of esters is 10. The SMILES string of the molecule is CCOC(=O)C(CSSCC(NC(=O)OCC1OC(OC(C)=O)C(OC(C)=O)C(OC(C)=O)C1OC(C)=O)C(=O)OC)NC(=O)OCC1OC(OC(C)=O)C(OC(C)=O)C(OC(C)=O)C1OC(C)=O. The van der Waals surface area contributed by atoms with E-state index in [0.29, 0.717) is 0 Å². The number of nitrogens with one attached hydrogen (secondary N) is 2. The van der Waals surface area contributed by atoms with Gasteiger partial charge in [-0.1, -0.05) is 21.6 Å². The van der Waals surface area contributed by atoms with Gasteiger partial charge in [-0.05, 0) is 6.92 Å². The van der Waals surface area contributed by atoms with Gasteiger partial charge in [0.1, 0.15) is 37.5 Å². The molecule has 2 saturated heterocycles. The van der Waals surface area contributed by atoms with E-state index >= 15 is 0 Å². The highest BCUT2D eigenvalue weighted by molar-refractivity contribution is 8.76. The average Bonchev–Trinajstić information content (AvgIpc) is 3.22. The quantitative estimate of drug-likeness (QED) is 0.0595. The smallest absolute Gasteiger partial charge is 0.407 e. The molecule has 388 valence electrons. The minimum absolute atomic E-state index is 0.117. The fourth-order valence-electron chi connectivity index (χ4n) is 6.13. The molecule has 2 N–H and O–H groups in total. The van der Waals surface area contributed by atoms with Crippen LogP contribution in [0.2, 0.25) is 0 Å². The molecule has 2 amide bonds. The summed E-state index contributed by atoms with van der Waals surface area (Å²) in [6.45, 7) is 7.77. The average molecular weight is 1030 g/mol. The number of ether oxygens (including phenoxy) is 14. The predicted molar refractivity (Wildman–Crippen MR) is 224 cm³/mol. The summed E-state index contributed by atoms with van der Waals surface area (Å²) in [6.07, 6.45) is -18.8. The maximum atomic E-state index is 13.1. The molecular weight excluding hydrogens is 977 g/mol. The van der Waals surface area contributed by atoms with E-state index in [0.717, 1.165) is 84.1 Å². The number of carbonyl (C=O) groups excluding carboxylic acids is 12. The van der Waals surface area contributed by atoms with E-state index in [1.54, 1.807) is 0 Å². The maximum Gasteiger partial charge on any atom is 0.407 e. The van der Waals surface area contributed by atoms with Crippen LogP contribution in [0.3, 0.4) is 0 Å². The number of hydrogen-bond acceptors (Lipinski definition) is 28. The Morgan fingerprint density at radius 3 is 1.04 bits per heavy atom. The summed E-state index contributed by atoms with van der Waals surface area (Å²) in [5.74, 6) is -9.78. The largest absolute Gasteiger partial charge is 0.467 e. The third-order valence-corrected chi connectivity index (χ3v) is 10.9. The molecule has 0 radical (unpaired) electrons. The van der Waals surface area contributed by atoms with Gasteiger partial charge in [0, 0.05) is 66.9 Å². The van der Waals surface area contributed by atoms with Crippen molar-refractivity contribution in [1.29, 1.82) is 0 Å². The molecule has 30 heteroatoms. The molecule has 2 heterocycles. The molecule has 69 heavy (non-hydrogen) atoms. The minimum Gasteiger partial charge on any atom is -0.467 e. The number of alkyl carbamates (subject to hydrolysis) is 2. The van der Waals surface area contributed by atoms with Gasteiger partial charge in [-0.25, -0.2) is 19.2 Å². The first kappa shape index (κ1) is 59.0. The second-order valence-corrected chi connectivity index (χ2v) is 16.7. The number of carbonyl (C=O) groups is 12. The Labute approximate surface area is 401 Å². The molecule has 2 aliphatic heterocycles. The summed E-state index contributed by atoms with van der Waals surface area (Å²) >= 11 is 0. The fraction of sp³-hybridized carbons (Fsp3) is 0.692. The Morgan fingerprint density at radius 2 is 0.739 bits per heavy atom. The van der Waals surface area contributed by atoms with Crippen molar-refractivity contribution in [2.45, 2.75) is 136 Å². The van der Waals surface area contributed by atoms with Gasteiger partial charge >= 0.3 is 71.9 Å². The molecule has 12 unspecified atom stereocenters. The van der Waals surface area contributed by atoms with Crippen molar-refractivity contribution < 1.29 is 124 Å². The Morgan fingerprint density at radius 1 is 0.435 bits per heavy atom. The Balaban J connectivity index is 2.18. The third-order valence-electron chi connectivity index (χ3n) is 8.51. The summed E-state index contributed by atoms with van der Waals surface area (Å²) in [7, 11) is 2.83. The van der Waals surface area contributed by atoms with Gasteiger partial charge in [0.15, 0.2) is 24.4 Å². The summed E-state index contributed by atoms with van der Waals surface area (Å²) in [6, 6.07) is -2.86. The monoisotopic (exact) mass is 1030 g/mol. The summed E-state index contributed by atoms with van der Waals surface area (Å²) in [5.41, 5.74) is 0. The lowest BCUT2D eigenvalue weighted by Gasteiger charge is -2.43. The molecule has 0 aromatic rings. The van der Waals surface area contributed by atoms with E-state index in [1.165, 1.54) is 6.92 Å². The minimum atomic E-state index is -1.75. The molecule has 0 bridgehead atoms. The van der Waals surface area contributed by atoms with Crippen molar-refractivity contribution >= 4 is 93.5 Å². The molecule has 2 rings (SSSR count). The van der Waals surface area contributed by atoms with Crippen LogP contribution in [-0.2, 0) is 114 Å². The fourth-order valence-corrected chi connectivity index (χ4v) is 8.43. The first-order chi connectivity index (χ1) is 32.4. The first-order valence-corrected chi connectivity index (χ1v) is 22.9. The van der Waals surface area contributed by atoms with Gasteiger partial charge in [-0.2, -0.15) is 0 Å². The highest BCUT2D eigenvalue weighted by atomic mass is 33.1. The predicted octanol–water partition coefficient (Wildman–Crippen LogP) is -0.540. The van der Waals surface area contributed by atoms with E-state index in [9.17, 15) is 57.5 Å². The van der Waals surface area contributed by atoms with E-state index in [2.05, 4.69) is 10.6 Å². The van der Waals surface area contributed by atoms with E-state index < -0.39 is 159 Å². The molecule has 28 nitrogen and oxygen atoms in total. The highest BCUT2D eigenvalue weighted by Crippen LogP contribution is 2.32. The molecule has 0 aromatic heterocycles. The second-order valence-electron chi connectivity index (χ2n) is 14.2. The van der Waals surface area contributed by atoms with Gasteiger partial charge in [0.2, 0.25) is 24.8 Å². The summed E-state index contributed by atoms with van der Waals surface area (Å²) < 4.78 is 73.6. The summed E-state index contributed by atoms with van der Waals surface area (Å²) in [5, 5.41) is 4.57. The standard InChI is InChI=1S/C39H54N2O26S2/c1-11-55-35(51)25(41-39(53)57-13-27-29(59-17(3)43)31(61-19(5)45)33(63-21(7)47)37(67-27)65-23(9)49)15-69-68-14-24(34(50)54-10)40-38(52)56-12-26-28(58-16(2)42)30(60-18(4)44)32(62-20(6)46)36(66-26)64-22(8)48/h24-33,36-37H,11-15H2,1-10H3,(H,40,52)(H,41,53). The molecule has 0 aromatic carbocycles. The van der Waals surface area contributed by atoms with Crippen LogP contribution in [0.4, 0.5) is 9.59 Å². The molecule has 0 aliphatic carbocycles. The normalized spacial score (nSPS) is 24.7. The van der Waals surface area contributed by atoms with Crippen LogP contribution < -0.4 is 10.6 Å². The number of methoxy groups -OCH3 is 1. The van der Waals surface area contributed by atoms with Crippen molar-refractivity contribution in [3.05, 3.63) is 0 Å². The lowest BCUT2D eigenvalue weighted by Crippen LogP contribution is -2.63. The van der Waals surface area contributed by atoms with Crippen LogP contribution in [0.15, 0.2) is 0 Å². The van der Waals surface area contributed by atoms with Crippen molar-refractivity contribution in [3.8, 4) is 0 Å². The van der Waals surface area contributed by atoms with Crippen LogP contribution in [-0.4, -0.2) is 184 Å². The number of hydrogen-bond donors (Lipinski definition) is 2. The topological polar surface area (TPSA) is 358 Å². The molecule has 12 atom stereocenters. The molecule has 2 aliphatic rings. The summed E-state index contributed by atoms with van der Waals surface area (Å²) in [4.78, 5) is 148. The van der Waals surface area contributed by atoms with Gasteiger partial charge in [-0.15, -0.1) is 0 Å². The Bertz CT molecular complexity index is 1880. The van der Waals surface area contributed by atoms with Crippen molar-refractivity contribution in [3.63, 3.8) is 0 Å². The lowest BCUT2D eigenvalue weighted by atomic mass is 9.98. The highest BCUT2D eigenvalue weighted by Gasteiger charge is 2.55. The van der Waals surface area contributed by atoms with Gasteiger partial charge in [-0.3, -0.25) is 38.4 Å². The number of amides is 2. The zero-order valence-electron chi connectivity index (χ0n) is 38.9. The van der Waals surface area contributed by atoms with Crippen molar-refractivity contribution in [2.24, 2.45) is 0 Å². The lowest BCUT2D eigenvalue weighted by molar-refractivity contribution is -0.299. The van der Waals surface area contributed by atoms with E-state index in [4.69, 9.17) is 66.3 Å². The van der Waals surface area contributed by atoms with E-state index in [1.807, 2.05) is 0 Å². The zero-order chi connectivity index (χ0) is 52.1. The number of rotatable bonds is 22. The third kappa shape index (κ3) is 20.5. The van der Waals surface area contributed by atoms with Crippen molar-refractivity contribution in [2.75, 3.05) is 38.4 Å². The van der Waals surface area contributed by atoms with Gasteiger partial charge < -0.3 is 76.9 Å². The maximum absolute atomic E-state index is 13.1. The van der Waals surface area contributed by atoms with Crippen LogP contribution in [0, 0.1) is 0 Å². The molecular formula is C39H54N2O26S2. The zero-order valence-corrected chi connectivity index (χ0v) is 40.5. The van der Waals surface area contributed by atoms with E-state index in [-0.39, 0.29) is 18.1 Å². The van der Waals surface area contributed by atoms with Gasteiger partial charge in [0.25, 0.3) is 0 Å². The second kappa shape index (κ2) is 29.0. The van der Waals surface area contributed by atoms with Crippen molar-refractivity contribution in [1.82, 2.24) is 10.6 Å². The van der Waals surface area contributed by atoms with Crippen LogP contribution in [0.1, 0.15) is 62.3 Å². The van der Waals surface area contributed by atoms with Crippen LogP contribution in [0.5, 0.6) is 0 Å². The first-order valence-electron chi connectivity index (χ1n) is 20.4. The molecule has 2 fully saturated rings. The van der Waals surface area contributed by atoms with Gasteiger partial charge in [0.05, 0.1) is 13.7 Å². The Hall–Kier alpha value is -6.14. The molecule has 0 saturated carbocycles. The molecule has 0 spiro atoms. The van der Waals surface area contributed by atoms with Crippen LogP contribution >= 0.6 is 21.6 Å².